The minimum atomic E-state index is -0.591. The van der Waals surface area contributed by atoms with Gasteiger partial charge in [0, 0.05) is 16.5 Å². The van der Waals surface area contributed by atoms with Crippen molar-refractivity contribution in [3.05, 3.63) is 70.0 Å². The minimum Gasteiger partial charge on any atom is -0.494 e. The Balaban J connectivity index is 1.73. The third-order valence-corrected chi connectivity index (χ3v) is 4.98. The van der Waals surface area contributed by atoms with Gasteiger partial charge in [0.25, 0.3) is 0 Å². The van der Waals surface area contributed by atoms with E-state index in [1.165, 1.54) is 12.1 Å². The average Bonchev–Trinajstić information content (AvgIpc) is 3.28. The van der Waals surface area contributed by atoms with Crippen molar-refractivity contribution >= 4 is 28.4 Å². The third kappa shape index (κ3) is 2.37. The summed E-state index contributed by atoms with van der Waals surface area (Å²) in [7, 11) is 0. The zero-order valence-electron chi connectivity index (χ0n) is 14.7. The summed E-state index contributed by atoms with van der Waals surface area (Å²) < 4.78 is 19.7. The number of aromatic nitrogens is 1. The average molecular weight is 361 g/mol. The second-order valence-corrected chi connectivity index (χ2v) is 7.19. The lowest BCUT2D eigenvalue weighted by Gasteiger charge is -2.22. The Hall–Kier alpha value is -3.41. The fraction of sp³-hybridized carbons (Fsp3) is 0.143. The number of H-pyrrole nitrogens is 1. The lowest BCUT2D eigenvalue weighted by atomic mass is 9.96. The number of halogens is 1. The van der Waals surface area contributed by atoms with Crippen LogP contribution in [0.4, 0.5) is 4.39 Å². The lowest BCUT2D eigenvalue weighted by Crippen LogP contribution is -2.26. The van der Waals surface area contributed by atoms with Crippen molar-refractivity contribution in [2.24, 2.45) is 10.2 Å². The van der Waals surface area contributed by atoms with Crippen LogP contribution in [0.25, 0.3) is 22.2 Å². The van der Waals surface area contributed by atoms with Crippen LogP contribution in [0, 0.1) is 5.82 Å². The van der Waals surface area contributed by atoms with Crippen molar-refractivity contribution in [2.45, 2.75) is 19.4 Å². The zero-order chi connectivity index (χ0) is 18.8. The molecule has 0 bridgehead atoms. The number of hydrogen-bond donors (Lipinski definition) is 2. The zero-order valence-corrected chi connectivity index (χ0v) is 14.7. The topological polar surface area (TPSA) is 70.0 Å². The minimum absolute atomic E-state index is 0.0428. The van der Waals surface area contributed by atoms with Crippen LogP contribution in [0.2, 0.25) is 0 Å². The number of fused-ring (bicyclic) bond motifs is 2. The SMILES string of the molecule is CC1(C)OC(c2c(O)[nH]c3cc(F)ccc23)=C/C1=c1/ccc2c(c1)C=NN=2. The van der Waals surface area contributed by atoms with E-state index >= 15 is 0 Å². The number of hydrogen-bond acceptors (Lipinski definition) is 4. The highest BCUT2D eigenvalue weighted by atomic mass is 19.1. The second kappa shape index (κ2) is 5.30. The van der Waals surface area contributed by atoms with E-state index in [0.717, 1.165) is 21.7 Å². The second-order valence-electron chi connectivity index (χ2n) is 7.19. The number of aromatic hydroxyl groups is 1. The molecular formula is C21H16FN3O2. The van der Waals surface area contributed by atoms with Crippen LogP contribution < -0.4 is 10.6 Å². The van der Waals surface area contributed by atoms with Crippen LogP contribution in [0.15, 0.2) is 52.7 Å². The molecular weight excluding hydrogens is 345 g/mol. The fourth-order valence-corrected chi connectivity index (χ4v) is 3.69. The molecule has 27 heavy (non-hydrogen) atoms. The molecule has 3 aromatic rings. The quantitative estimate of drug-likeness (QED) is 0.700. The third-order valence-electron chi connectivity index (χ3n) is 4.98. The van der Waals surface area contributed by atoms with Gasteiger partial charge in [-0.25, -0.2) is 4.39 Å². The summed E-state index contributed by atoms with van der Waals surface area (Å²) in [6.07, 6.45) is 3.66. The first-order valence-electron chi connectivity index (χ1n) is 8.59. The number of nitrogens with one attached hydrogen (secondary N) is 1. The van der Waals surface area contributed by atoms with E-state index in [-0.39, 0.29) is 11.7 Å². The molecule has 0 saturated carbocycles. The molecule has 2 aliphatic rings. The fourth-order valence-electron chi connectivity index (χ4n) is 3.69. The summed E-state index contributed by atoms with van der Waals surface area (Å²) in [6, 6.07) is 10.3. The normalized spacial score (nSPS) is 19.0. The van der Waals surface area contributed by atoms with E-state index in [4.69, 9.17) is 4.74 Å². The Morgan fingerprint density at radius 2 is 2.00 bits per heavy atom. The van der Waals surface area contributed by atoms with E-state index in [9.17, 15) is 9.50 Å². The molecule has 0 radical (unpaired) electrons. The molecule has 0 amide bonds. The molecule has 2 aromatic carbocycles. The Bertz CT molecular complexity index is 1300. The summed E-state index contributed by atoms with van der Waals surface area (Å²) in [5, 5.41) is 21.0. The summed E-state index contributed by atoms with van der Waals surface area (Å²) in [6.45, 7) is 3.95. The molecule has 2 aliphatic heterocycles. The smallest absolute Gasteiger partial charge is 0.200 e. The predicted molar refractivity (Wildman–Crippen MR) is 101 cm³/mol. The molecule has 5 nitrogen and oxygen atoms in total. The van der Waals surface area contributed by atoms with E-state index in [2.05, 4.69) is 15.2 Å². The Labute approximate surface area is 153 Å². The highest BCUT2D eigenvalue weighted by Gasteiger charge is 2.34. The van der Waals surface area contributed by atoms with Crippen molar-refractivity contribution in [2.75, 3.05) is 0 Å². The molecule has 0 fully saturated rings. The first kappa shape index (κ1) is 15.8. The largest absolute Gasteiger partial charge is 0.494 e. The van der Waals surface area contributed by atoms with E-state index < -0.39 is 5.60 Å². The van der Waals surface area contributed by atoms with E-state index in [0.29, 0.717) is 22.2 Å². The summed E-state index contributed by atoms with van der Waals surface area (Å²) in [5.41, 5.74) is 2.41. The standard InChI is InChI=1S/C21H16FN3O2/c1-21(2)15(11-3-6-16-12(7-11)10-23-25-16)9-18(27-21)19-14-5-4-13(22)8-17(14)24-20(19)26/h3-10,24,26H,1-2H3/b15-11+. The van der Waals surface area contributed by atoms with Crippen molar-refractivity contribution in [1.29, 1.82) is 0 Å². The number of rotatable bonds is 1. The van der Waals surface area contributed by atoms with Crippen molar-refractivity contribution in [3.63, 3.8) is 0 Å². The maximum Gasteiger partial charge on any atom is 0.200 e. The Morgan fingerprint density at radius 1 is 1.15 bits per heavy atom. The van der Waals surface area contributed by atoms with Gasteiger partial charge in [0.1, 0.15) is 17.2 Å². The van der Waals surface area contributed by atoms with Gasteiger partial charge in [-0.05, 0) is 55.5 Å². The van der Waals surface area contributed by atoms with Crippen LogP contribution in [-0.2, 0) is 4.74 Å². The van der Waals surface area contributed by atoms with Gasteiger partial charge in [-0.3, -0.25) is 0 Å². The van der Waals surface area contributed by atoms with Gasteiger partial charge in [0.2, 0.25) is 5.88 Å². The lowest BCUT2D eigenvalue weighted by molar-refractivity contribution is 0.149. The molecule has 2 N–H and O–H groups in total. The molecule has 0 unspecified atom stereocenters. The molecule has 0 atom stereocenters. The number of nitrogens with zero attached hydrogens (tertiary/aromatic N) is 2. The Kier molecular flexibility index (Phi) is 3.10. The first-order chi connectivity index (χ1) is 12.9. The summed E-state index contributed by atoms with van der Waals surface area (Å²) in [5.74, 6) is 0.136. The van der Waals surface area contributed by atoms with E-state index in [1.807, 2.05) is 38.1 Å². The Morgan fingerprint density at radius 3 is 2.85 bits per heavy atom. The predicted octanol–water partition coefficient (Wildman–Crippen LogP) is 2.98. The van der Waals surface area contributed by atoms with Crippen LogP contribution in [0.5, 0.6) is 5.88 Å². The van der Waals surface area contributed by atoms with Gasteiger partial charge in [0.15, 0.2) is 0 Å². The van der Waals surface area contributed by atoms with Crippen molar-refractivity contribution in [3.8, 4) is 5.88 Å². The van der Waals surface area contributed by atoms with Gasteiger partial charge in [-0.1, -0.05) is 6.07 Å². The maximum atomic E-state index is 13.5. The highest BCUT2D eigenvalue weighted by molar-refractivity contribution is 5.97. The molecule has 1 aromatic heterocycles. The molecule has 134 valence electrons. The van der Waals surface area contributed by atoms with Gasteiger partial charge in [0.05, 0.1) is 22.7 Å². The summed E-state index contributed by atoms with van der Waals surface area (Å²) >= 11 is 0. The monoisotopic (exact) mass is 361 g/mol. The first-order valence-corrected chi connectivity index (χ1v) is 8.59. The van der Waals surface area contributed by atoms with Crippen LogP contribution >= 0.6 is 0 Å². The van der Waals surface area contributed by atoms with Gasteiger partial charge >= 0.3 is 0 Å². The molecule has 3 heterocycles. The summed E-state index contributed by atoms with van der Waals surface area (Å²) in [4.78, 5) is 2.82. The van der Waals surface area contributed by atoms with Crippen LogP contribution in [-0.4, -0.2) is 21.9 Å². The van der Waals surface area contributed by atoms with Gasteiger partial charge < -0.3 is 14.8 Å². The van der Waals surface area contributed by atoms with Crippen molar-refractivity contribution in [1.82, 2.24) is 4.98 Å². The molecule has 0 saturated heterocycles. The number of aromatic amines is 1. The van der Waals surface area contributed by atoms with Crippen LogP contribution in [0.3, 0.4) is 0 Å². The van der Waals surface area contributed by atoms with Gasteiger partial charge in [-0.2, -0.15) is 10.2 Å². The molecule has 5 rings (SSSR count). The number of benzene rings is 2. The van der Waals surface area contributed by atoms with Crippen molar-refractivity contribution < 1.29 is 14.2 Å². The van der Waals surface area contributed by atoms with Crippen LogP contribution in [0.1, 0.15) is 25.0 Å². The number of ether oxygens (including phenoxy) is 1. The highest BCUT2D eigenvalue weighted by Crippen LogP contribution is 2.43. The van der Waals surface area contributed by atoms with Gasteiger partial charge in [-0.15, -0.1) is 0 Å². The maximum absolute atomic E-state index is 13.5. The molecule has 0 spiro atoms. The molecule has 0 aliphatic carbocycles. The van der Waals surface area contributed by atoms with E-state index in [1.54, 1.807) is 12.3 Å². The molecule has 6 heteroatoms.